The molecule has 1 aliphatic carbocycles. The second kappa shape index (κ2) is 4.47. The van der Waals surface area contributed by atoms with Gasteiger partial charge in [-0.1, -0.05) is 20.8 Å². The molecule has 0 aromatic carbocycles. The van der Waals surface area contributed by atoms with E-state index in [1.807, 2.05) is 0 Å². The van der Waals surface area contributed by atoms with Crippen molar-refractivity contribution >= 4 is 17.0 Å². The Hall–Kier alpha value is -1.65. The number of aromatic nitrogens is 4. The molecule has 5 nitrogen and oxygen atoms in total. The van der Waals surface area contributed by atoms with E-state index >= 15 is 0 Å². The maximum Gasteiger partial charge on any atom is 0.182 e. The van der Waals surface area contributed by atoms with Crippen LogP contribution in [0.2, 0.25) is 0 Å². The van der Waals surface area contributed by atoms with E-state index in [1.54, 1.807) is 12.7 Å². The molecular weight excluding hydrogens is 238 g/mol. The molecule has 0 aliphatic heterocycles. The molecule has 2 N–H and O–H groups in total. The zero-order valence-corrected chi connectivity index (χ0v) is 11.8. The van der Waals surface area contributed by atoms with Gasteiger partial charge in [-0.15, -0.1) is 0 Å². The lowest BCUT2D eigenvalue weighted by molar-refractivity contribution is 0.178. The van der Waals surface area contributed by atoms with Gasteiger partial charge < -0.3 is 10.3 Å². The second-order valence-corrected chi connectivity index (χ2v) is 6.58. The number of rotatable bonds is 2. The van der Waals surface area contributed by atoms with Crippen LogP contribution in [-0.4, -0.2) is 26.0 Å². The van der Waals surface area contributed by atoms with Gasteiger partial charge in [0.05, 0.1) is 6.33 Å². The van der Waals surface area contributed by atoms with E-state index in [4.69, 9.17) is 0 Å². The number of imidazole rings is 1. The smallest absolute Gasteiger partial charge is 0.182 e. The maximum atomic E-state index is 4.35. The van der Waals surface area contributed by atoms with E-state index < -0.39 is 0 Å². The molecule has 2 heterocycles. The molecule has 0 unspecified atom stereocenters. The molecule has 2 aromatic heterocycles. The van der Waals surface area contributed by atoms with E-state index in [-0.39, 0.29) is 0 Å². The van der Waals surface area contributed by atoms with Crippen LogP contribution in [0.15, 0.2) is 12.7 Å². The molecule has 0 bridgehead atoms. The Labute approximate surface area is 113 Å². The average molecular weight is 259 g/mol. The molecule has 5 heteroatoms. The van der Waals surface area contributed by atoms with Gasteiger partial charge in [0.25, 0.3) is 0 Å². The topological polar surface area (TPSA) is 66.5 Å². The minimum absolute atomic E-state index is 0.398. The summed E-state index contributed by atoms with van der Waals surface area (Å²) in [6.45, 7) is 7.04. The molecule has 1 fully saturated rings. The molecule has 2 atom stereocenters. The number of H-pyrrole nitrogens is 1. The summed E-state index contributed by atoms with van der Waals surface area (Å²) in [7, 11) is 0. The minimum Gasteiger partial charge on any atom is -0.365 e. The minimum atomic E-state index is 0.398. The van der Waals surface area contributed by atoms with Gasteiger partial charge in [0.1, 0.15) is 11.8 Å². The number of aromatic amines is 1. The van der Waals surface area contributed by atoms with Crippen LogP contribution in [0, 0.1) is 11.3 Å². The fraction of sp³-hybridized carbons (Fsp3) is 0.643. The molecule has 1 aliphatic rings. The van der Waals surface area contributed by atoms with E-state index in [0.29, 0.717) is 11.5 Å². The first-order valence-corrected chi connectivity index (χ1v) is 6.94. The van der Waals surface area contributed by atoms with Crippen molar-refractivity contribution in [2.75, 3.05) is 5.32 Å². The molecule has 0 saturated heterocycles. The fourth-order valence-electron chi connectivity index (χ4n) is 3.52. The second-order valence-electron chi connectivity index (χ2n) is 6.58. The summed E-state index contributed by atoms with van der Waals surface area (Å²) >= 11 is 0. The molecule has 102 valence electrons. The average Bonchev–Trinajstić information content (AvgIpc) is 2.75. The van der Waals surface area contributed by atoms with Crippen LogP contribution >= 0.6 is 0 Å². The zero-order valence-electron chi connectivity index (χ0n) is 11.8. The molecule has 0 spiro atoms. The van der Waals surface area contributed by atoms with Crippen LogP contribution in [0.4, 0.5) is 5.82 Å². The van der Waals surface area contributed by atoms with Gasteiger partial charge in [-0.2, -0.15) is 0 Å². The van der Waals surface area contributed by atoms with Crippen molar-refractivity contribution in [3.8, 4) is 0 Å². The van der Waals surface area contributed by atoms with Gasteiger partial charge in [0, 0.05) is 6.04 Å². The third kappa shape index (κ3) is 2.55. The predicted octanol–water partition coefficient (Wildman–Crippen LogP) is 2.98. The first kappa shape index (κ1) is 12.4. The Bertz CT molecular complexity index is 574. The number of fused-ring (bicyclic) bond motifs is 1. The van der Waals surface area contributed by atoms with Crippen molar-refractivity contribution in [3.63, 3.8) is 0 Å². The van der Waals surface area contributed by atoms with Crippen molar-refractivity contribution < 1.29 is 0 Å². The largest absolute Gasteiger partial charge is 0.365 e. The summed E-state index contributed by atoms with van der Waals surface area (Å²) in [5, 5.41) is 3.57. The van der Waals surface area contributed by atoms with Crippen molar-refractivity contribution in [1.29, 1.82) is 0 Å². The maximum absolute atomic E-state index is 4.35. The number of anilines is 1. The van der Waals surface area contributed by atoms with E-state index in [9.17, 15) is 0 Å². The van der Waals surface area contributed by atoms with Gasteiger partial charge >= 0.3 is 0 Å². The molecule has 19 heavy (non-hydrogen) atoms. The van der Waals surface area contributed by atoms with Gasteiger partial charge in [-0.25, -0.2) is 15.0 Å². The number of hydrogen-bond donors (Lipinski definition) is 2. The highest BCUT2D eigenvalue weighted by Crippen LogP contribution is 2.39. The van der Waals surface area contributed by atoms with Gasteiger partial charge in [-0.3, -0.25) is 0 Å². The van der Waals surface area contributed by atoms with Crippen LogP contribution in [0.25, 0.3) is 11.2 Å². The van der Waals surface area contributed by atoms with E-state index in [0.717, 1.165) is 22.9 Å². The van der Waals surface area contributed by atoms with Gasteiger partial charge in [-0.05, 0) is 30.6 Å². The summed E-state index contributed by atoms with van der Waals surface area (Å²) in [5.74, 6) is 1.62. The number of nitrogens with zero attached hydrogens (tertiary/aromatic N) is 3. The van der Waals surface area contributed by atoms with Crippen LogP contribution in [0.5, 0.6) is 0 Å². The third-order valence-electron chi connectivity index (χ3n) is 3.95. The summed E-state index contributed by atoms with van der Waals surface area (Å²) in [6, 6.07) is 0.472. The van der Waals surface area contributed by atoms with Crippen molar-refractivity contribution in [1.82, 2.24) is 19.9 Å². The van der Waals surface area contributed by atoms with E-state index in [1.165, 1.54) is 19.3 Å². The standard InChI is InChI=1S/C14H21N5/c1-9-4-10(6-14(2,3)5-9)19-13-11-12(16-7-15-11)17-8-18-13/h7-10H,4-6H2,1-3H3,(H2,15,16,17,18,19)/t9-,10+/m1/s1. The fourth-order valence-corrected chi connectivity index (χ4v) is 3.52. The van der Waals surface area contributed by atoms with Crippen LogP contribution in [-0.2, 0) is 0 Å². The highest BCUT2D eigenvalue weighted by atomic mass is 15.1. The van der Waals surface area contributed by atoms with E-state index in [2.05, 4.69) is 46.0 Å². The lowest BCUT2D eigenvalue weighted by Gasteiger charge is -2.39. The number of hydrogen-bond acceptors (Lipinski definition) is 4. The van der Waals surface area contributed by atoms with Crippen molar-refractivity contribution in [2.45, 2.75) is 46.1 Å². The molecule has 0 amide bonds. The summed E-state index contributed by atoms with van der Waals surface area (Å²) in [5.41, 5.74) is 2.02. The normalized spacial score (nSPS) is 26.5. The molecular formula is C14H21N5. The lowest BCUT2D eigenvalue weighted by atomic mass is 9.70. The Morgan fingerprint density at radius 2 is 2.11 bits per heavy atom. The zero-order chi connectivity index (χ0) is 13.5. The SMILES string of the molecule is C[C@@H]1C[C@H](Nc2ncnc3nc[nH]c23)CC(C)(C)C1. The number of nitrogens with one attached hydrogen (secondary N) is 2. The Morgan fingerprint density at radius 3 is 2.89 bits per heavy atom. The van der Waals surface area contributed by atoms with Gasteiger partial charge in [0.2, 0.25) is 0 Å². The molecule has 3 rings (SSSR count). The monoisotopic (exact) mass is 259 g/mol. The molecule has 0 radical (unpaired) electrons. The summed E-state index contributed by atoms with van der Waals surface area (Å²) in [4.78, 5) is 15.8. The molecule has 2 aromatic rings. The molecule has 1 saturated carbocycles. The van der Waals surface area contributed by atoms with Gasteiger partial charge in [0.15, 0.2) is 11.5 Å². The summed E-state index contributed by atoms with van der Waals surface area (Å²) in [6.07, 6.45) is 6.91. The van der Waals surface area contributed by atoms with Crippen LogP contribution < -0.4 is 5.32 Å². The van der Waals surface area contributed by atoms with Crippen LogP contribution in [0.1, 0.15) is 40.0 Å². The Kier molecular flexibility index (Phi) is 2.92. The van der Waals surface area contributed by atoms with Crippen molar-refractivity contribution in [2.24, 2.45) is 11.3 Å². The summed E-state index contributed by atoms with van der Waals surface area (Å²) < 4.78 is 0. The predicted molar refractivity (Wildman–Crippen MR) is 75.9 cm³/mol. The Morgan fingerprint density at radius 1 is 1.26 bits per heavy atom. The van der Waals surface area contributed by atoms with Crippen molar-refractivity contribution in [3.05, 3.63) is 12.7 Å². The quantitative estimate of drug-likeness (QED) is 0.870. The van der Waals surface area contributed by atoms with Crippen LogP contribution in [0.3, 0.4) is 0 Å². The third-order valence-corrected chi connectivity index (χ3v) is 3.95. The lowest BCUT2D eigenvalue weighted by Crippen LogP contribution is -2.35. The first-order valence-electron chi connectivity index (χ1n) is 6.94. The first-order chi connectivity index (χ1) is 9.03. The Balaban J connectivity index is 1.83. The highest BCUT2D eigenvalue weighted by molar-refractivity contribution is 5.82. The highest BCUT2D eigenvalue weighted by Gasteiger charge is 2.32.